The second kappa shape index (κ2) is 9.45. The minimum atomic E-state index is -3.62. The number of nitrogens with zero attached hydrogens (tertiary/aromatic N) is 4. The van der Waals surface area contributed by atoms with E-state index < -0.39 is 10.0 Å². The molecule has 2 saturated heterocycles. The van der Waals surface area contributed by atoms with E-state index in [1.54, 1.807) is 11.3 Å². The fraction of sp³-hybridized carbons (Fsp3) is 0.400. The van der Waals surface area contributed by atoms with Gasteiger partial charge in [0.25, 0.3) is 0 Å². The molecule has 3 aromatic rings. The number of benzene rings is 2. The van der Waals surface area contributed by atoms with E-state index in [-0.39, 0.29) is 16.7 Å². The van der Waals surface area contributed by atoms with E-state index in [0.29, 0.717) is 37.4 Å². The number of rotatable bonds is 4. The van der Waals surface area contributed by atoms with Crippen LogP contribution in [-0.2, 0) is 14.8 Å². The molecular formula is C25H26N4O3S2. The van der Waals surface area contributed by atoms with Gasteiger partial charge in [-0.05, 0) is 62.1 Å². The van der Waals surface area contributed by atoms with Crippen molar-refractivity contribution in [1.82, 2.24) is 14.2 Å². The van der Waals surface area contributed by atoms with Crippen molar-refractivity contribution in [3.05, 3.63) is 59.1 Å². The third kappa shape index (κ3) is 4.45. The Morgan fingerprint density at radius 3 is 2.29 bits per heavy atom. The topological polar surface area (TPSA) is 94.4 Å². The second-order valence-corrected chi connectivity index (χ2v) is 11.9. The first-order valence-corrected chi connectivity index (χ1v) is 13.9. The zero-order valence-electron chi connectivity index (χ0n) is 18.8. The number of likely N-dealkylation sites (tertiary alicyclic amines) is 1. The molecule has 0 spiro atoms. The van der Waals surface area contributed by atoms with Crippen molar-refractivity contribution in [3.63, 3.8) is 0 Å². The summed E-state index contributed by atoms with van der Waals surface area (Å²) in [7, 11) is -3.62. The lowest BCUT2D eigenvalue weighted by Gasteiger charge is -2.36. The Morgan fingerprint density at radius 2 is 1.65 bits per heavy atom. The third-order valence-corrected chi connectivity index (χ3v) is 10.0. The van der Waals surface area contributed by atoms with Gasteiger partial charge in [0.15, 0.2) is 0 Å². The molecule has 0 unspecified atom stereocenters. The first-order chi connectivity index (χ1) is 16.5. The van der Waals surface area contributed by atoms with E-state index in [9.17, 15) is 13.2 Å². The zero-order valence-corrected chi connectivity index (χ0v) is 20.4. The van der Waals surface area contributed by atoms with Crippen LogP contribution in [0.5, 0.6) is 0 Å². The van der Waals surface area contributed by atoms with Gasteiger partial charge in [0, 0.05) is 38.0 Å². The number of sulfonamides is 1. The normalized spacial score (nSPS) is 18.7. The highest BCUT2D eigenvalue weighted by atomic mass is 32.2. The lowest BCUT2D eigenvalue weighted by Crippen LogP contribution is -2.46. The lowest BCUT2D eigenvalue weighted by molar-refractivity contribution is -0.137. The number of carbonyl (C=O) groups is 1. The average molecular weight is 495 g/mol. The Kier molecular flexibility index (Phi) is 6.38. The van der Waals surface area contributed by atoms with Gasteiger partial charge in [-0.15, -0.1) is 11.3 Å². The van der Waals surface area contributed by atoms with Gasteiger partial charge < -0.3 is 4.90 Å². The van der Waals surface area contributed by atoms with Crippen molar-refractivity contribution in [2.75, 3.05) is 26.2 Å². The van der Waals surface area contributed by atoms with E-state index >= 15 is 0 Å². The minimum Gasteiger partial charge on any atom is -0.342 e. The monoisotopic (exact) mass is 494 g/mol. The number of amides is 1. The summed E-state index contributed by atoms with van der Waals surface area (Å²) < 4.78 is 28.5. The molecule has 0 bridgehead atoms. The highest BCUT2D eigenvalue weighted by Crippen LogP contribution is 2.35. The molecule has 1 aromatic heterocycles. The first kappa shape index (κ1) is 23.0. The molecular weight excluding hydrogens is 468 g/mol. The molecule has 2 aromatic carbocycles. The van der Waals surface area contributed by atoms with Crippen LogP contribution in [0.2, 0.25) is 0 Å². The Bertz CT molecular complexity index is 1300. The number of thiazole rings is 1. The van der Waals surface area contributed by atoms with E-state index in [2.05, 4.69) is 6.07 Å². The van der Waals surface area contributed by atoms with Crippen molar-refractivity contribution in [2.24, 2.45) is 5.92 Å². The van der Waals surface area contributed by atoms with Crippen LogP contribution in [0.4, 0.5) is 0 Å². The average Bonchev–Trinajstić information content (AvgIpc) is 3.33. The summed E-state index contributed by atoms with van der Waals surface area (Å²) in [6, 6.07) is 16.2. The van der Waals surface area contributed by atoms with Crippen LogP contribution in [0.1, 0.15) is 42.2 Å². The summed E-state index contributed by atoms with van der Waals surface area (Å²) >= 11 is 1.75. The number of fused-ring (bicyclic) bond motifs is 1. The molecule has 2 aliphatic heterocycles. The van der Waals surface area contributed by atoms with Gasteiger partial charge >= 0.3 is 0 Å². The van der Waals surface area contributed by atoms with Gasteiger partial charge in [-0.25, -0.2) is 13.4 Å². The fourth-order valence-corrected chi connectivity index (χ4v) is 7.47. The standard InChI is InChI=1S/C25H26N4O3S2/c26-17-18-5-7-21(8-6-18)34(31,32)29-15-11-20(12-16-29)25(30)28-13-9-19(10-14-28)24-27-22-3-1-2-4-23(22)33-24/h1-8,19-20H,9-16H2. The predicted molar refractivity (Wildman–Crippen MR) is 131 cm³/mol. The van der Waals surface area contributed by atoms with E-state index in [0.717, 1.165) is 36.5 Å². The van der Waals surface area contributed by atoms with E-state index in [4.69, 9.17) is 10.2 Å². The van der Waals surface area contributed by atoms with E-state index in [1.807, 2.05) is 29.2 Å². The van der Waals surface area contributed by atoms with Crippen molar-refractivity contribution >= 4 is 37.5 Å². The molecule has 2 fully saturated rings. The summed E-state index contributed by atoms with van der Waals surface area (Å²) in [5.74, 6) is 0.408. The maximum atomic E-state index is 13.1. The van der Waals surface area contributed by atoms with Gasteiger partial charge in [-0.3, -0.25) is 4.79 Å². The smallest absolute Gasteiger partial charge is 0.243 e. The minimum absolute atomic E-state index is 0.133. The molecule has 0 radical (unpaired) electrons. The zero-order chi connectivity index (χ0) is 23.7. The molecule has 7 nitrogen and oxygen atoms in total. The van der Waals surface area contributed by atoms with Crippen molar-refractivity contribution in [3.8, 4) is 6.07 Å². The Morgan fingerprint density at radius 1 is 0.971 bits per heavy atom. The lowest BCUT2D eigenvalue weighted by atomic mass is 9.93. The third-order valence-electron chi connectivity index (χ3n) is 6.89. The van der Waals surface area contributed by atoms with Crippen LogP contribution in [-0.4, -0.2) is 54.7 Å². The molecule has 2 aliphatic rings. The Balaban J connectivity index is 1.16. The number of piperidine rings is 2. The molecule has 5 rings (SSSR count). The molecule has 0 atom stereocenters. The first-order valence-electron chi connectivity index (χ1n) is 11.6. The Hall–Kier alpha value is -2.80. The summed E-state index contributed by atoms with van der Waals surface area (Å²) in [5, 5.41) is 10.1. The summed E-state index contributed by atoms with van der Waals surface area (Å²) in [6.07, 6.45) is 2.90. The van der Waals surface area contributed by atoms with Crippen molar-refractivity contribution in [1.29, 1.82) is 5.26 Å². The number of nitriles is 1. The van der Waals surface area contributed by atoms with Gasteiger partial charge in [0.1, 0.15) is 0 Å². The highest BCUT2D eigenvalue weighted by Gasteiger charge is 2.35. The van der Waals surface area contributed by atoms with Gasteiger partial charge in [-0.1, -0.05) is 12.1 Å². The number of hydrogen-bond donors (Lipinski definition) is 0. The van der Waals surface area contributed by atoms with Gasteiger partial charge in [0.2, 0.25) is 15.9 Å². The maximum Gasteiger partial charge on any atom is 0.243 e. The summed E-state index contributed by atoms with van der Waals surface area (Å²) in [6.45, 7) is 2.12. The fourth-order valence-electron chi connectivity index (χ4n) is 4.86. The molecule has 0 aliphatic carbocycles. The number of aromatic nitrogens is 1. The molecule has 0 N–H and O–H groups in total. The number of para-hydroxylation sites is 1. The highest BCUT2D eigenvalue weighted by molar-refractivity contribution is 7.89. The predicted octanol–water partition coefficient (Wildman–Crippen LogP) is 3.97. The molecule has 176 valence electrons. The van der Waals surface area contributed by atoms with Crippen LogP contribution in [0.15, 0.2) is 53.4 Å². The van der Waals surface area contributed by atoms with Crippen LogP contribution >= 0.6 is 11.3 Å². The maximum absolute atomic E-state index is 13.1. The molecule has 3 heterocycles. The van der Waals surface area contributed by atoms with Crippen molar-refractivity contribution < 1.29 is 13.2 Å². The summed E-state index contributed by atoms with van der Waals surface area (Å²) in [4.78, 5) is 20.1. The largest absolute Gasteiger partial charge is 0.342 e. The van der Waals surface area contributed by atoms with Crippen LogP contribution in [0.3, 0.4) is 0 Å². The van der Waals surface area contributed by atoms with Crippen molar-refractivity contribution in [2.45, 2.75) is 36.5 Å². The molecule has 0 saturated carbocycles. The number of hydrogen-bond acceptors (Lipinski definition) is 6. The second-order valence-electron chi connectivity index (χ2n) is 8.93. The molecule has 9 heteroatoms. The quantitative estimate of drug-likeness (QED) is 0.547. The summed E-state index contributed by atoms with van der Waals surface area (Å²) in [5.41, 5.74) is 1.47. The van der Waals surface area contributed by atoms with Gasteiger partial charge in [-0.2, -0.15) is 9.57 Å². The molecule has 34 heavy (non-hydrogen) atoms. The number of carbonyl (C=O) groups excluding carboxylic acids is 1. The van der Waals surface area contributed by atoms with Crippen LogP contribution in [0.25, 0.3) is 10.2 Å². The van der Waals surface area contributed by atoms with Crippen LogP contribution in [0, 0.1) is 17.2 Å². The SMILES string of the molecule is N#Cc1ccc(S(=O)(=O)N2CCC(C(=O)N3CCC(c4nc5ccccc5s4)CC3)CC2)cc1. The van der Waals surface area contributed by atoms with E-state index in [1.165, 1.54) is 33.3 Å². The van der Waals surface area contributed by atoms with Crippen LogP contribution < -0.4 is 0 Å². The van der Waals surface area contributed by atoms with Gasteiger partial charge in [0.05, 0.1) is 31.8 Å². The Labute approximate surface area is 203 Å². The molecule has 1 amide bonds.